The molecule has 1 unspecified atom stereocenters. The van der Waals surface area contributed by atoms with E-state index in [-0.39, 0.29) is 5.91 Å². The second-order valence-corrected chi connectivity index (χ2v) is 3.84. The third-order valence-electron chi connectivity index (χ3n) is 2.75. The van der Waals surface area contributed by atoms with E-state index in [4.69, 9.17) is 5.73 Å². The summed E-state index contributed by atoms with van der Waals surface area (Å²) in [7, 11) is 1.85. The van der Waals surface area contributed by atoms with Crippen molar-refractivity contribution in [3.63, 3.8) is 0 Å². The predicted molar refractivity (Wildman–Crippen MR) is 55.8 cm³/mol. The van der Waals surface area contributed by atoms with Crippen LogP contribution in [0, 0.1) is 0 Å². The summed E-state index contributed by atoms with van der Waals surface area (Å²) in [5, 5.41) is 0. The smallest absolute Gasteiger partial charge is 0.223 e. The number of amides is 1. The summed E-state index contributed by atoms with van der Waals surface area (Å²) >= 11 is 0. The SMILES string of the molecule is CN1CC(c2ccc(N)cc2)CC1=O. The van der Waals surface area contributed by atoms with Crippen molar-refractivity contribution in [2.45, 2.75) is 12.3 Å². The second kappa shape index (κ2) is 3.33. The number of likely N-dealkylation sites (N-methyl/N-ethyl adjacent to an activating group) is 1. The van der Waals surface area contributed by atoms with Crippen LogP contribution in [0.25, 0.3) is 0 Å². The number of nitrogens with two attached hydrogens (primary N) is 1. The van der Waals surface area contributed by atoms with Gasteiger partial charge in [0.15, 0.2) is 0 Å². The molecule has 1 heterocycles. The molecule has 2 rings (SSSR count). The summed E-state index contributed by atoms with van der Waals surface area (Å²) in [6.45, 7) is 0.822. The van der Waals surface area contributed by atoms with E-state index in [1.165, 1.54) is 5.56 Å². The lowest BCUT2D eigenvalue weighted by Gasteiger charge is -2.10. The minimum absolute atomic E-state index is 0.229. The van der Waals surface area contributed by atoms with Gasteiger partial charge >= 0.3 is 0 Å². The number of likely N-dealkylation sites (tertiary alicyclic amines) is 1. The zero-order chi connectivity index (χ0) is 10.1. The van der Waals surface area contributed by atoms with Crippen molar-refractivity contribution < 1.29 is 4.79 Å². The summed E-state index contributed by atoms with van der Waals surface area (Å²) in [6.07, 6.45) is 0.625. The molecule has 1 saturated heterocycles. The Morgan fingerprint density at radius 2 is 2.00 bits per heavy atom. The maximum Gasteiger partial charge on any atom is 0.223 e. The van der Waals surface area contributed by atoms with E-state index in [2.05, 4.69) is 0 Å². The number of rotatable bonds is 1. The summed E-state index contributed by atoms with van der Waals surface area (Å²) in [6, 6.07) is 7.79. The number of carbonyl (C=O) groups excluding carboxylic acids is 1. The van der Waals surface area contributed by atoms with Crippen LogP contribution in [0.5, 0.6) is 0 Å². The number of nitrogen functional groups attached to an aromatic ring is 1. The standard InChI is InChI=1S/C11H14N2O/c1-13-7-9(6-11(13)14)8-2-4-10(12)5-3-8/h2-5,9H,6-7,12H2,1H3. The van der Waals surface area contributed by atoms with Crippen molar-refractivity contribution in [2.75, 3.05) is 19.3 Å². The lowest BCUT2D eigenvalue weighted by atomic mass is 9.98. The fourth-order valence-corrected chi connectivity index (χ4v) is 1.86. The Morgan fingerprint density at radius 3 is 2.50 bits per heavy atom. The highest BCUT2D eigenvalue weighted by atomic mass is 16.2. The minimum atomic E-state index is 0.229. The second-order valence-electron chi connectivity index (χ2n) is 3.84. The van der Waals surface area contributed by atoms with Crippen LogP contribution >= 0.6 is 0 Å². The number of nitrogens with zero attached hydrogens (tertiary/aromatic N) is 1. The van der Waals surface area contributed by atoms with Crippen molar-refractivity contribution in [3.8, 4) is 0 Å². The van der Waals surface area contributed by atoms with E-state index >= 15 is 0 Å². The molecule has 0 aliphatic carbocycles. The Balaban J connectivity index is 2.17. The molecule has 0 radical (unpaired) electrons. The molecule has 0 aromatic heterocycles. The molecule has 1 fully saturated rings. The van der Waals surface area contributed by atoms with Crippen LogP contribution in [0.1, 0.15) is 17.9 Å². The van der Waals surface area contributed by atoms with Gasteiger partial charge in [-0.3, -0.25) is 4.79 Å². The summed E-state index contributed by atoms with van der Waals surface area (Å²) in [4.78, 5) is 13.1. The summed E-state index contributed by atoms with van der Waals surface area (Å²) in [5.74, 6) is 0.569. The van der Waals surface area contributed by atoms with Crippen molar-refractivity contribution in [2.24, 2.45) is 0 Å². The molecule has 1 atom stereocenters. The van der Waals surface area contributed by atoms with E-state index in [9.17, 15) is 4.79 Å². The molecule has 1 aliphatic heterocycles. The Hall–Kier alpha value is -1.51. The normalized spacial score (nSPS) is 21.6. The number of carbonyl (C=O) groups is 1. The molecule has 74 valence electrons. The van der Waals surface area contributed by atoms with Crippen LogP contribution in [0.4, 0.5) is 5.69 Å². The molecule has 2 N–H and O–H groups in total. The molecule has 0 saturated carbocycles. The molecule has 14 heavy (non-hydrogen) atoms. The third-order valence-corrected chi connectivity index (χ3v) is 2.75. The van der Waals surface area contributed by atoms with Crippen molar-refractivity contribution in [3.05, 3.63) is 29.8 Å². The first-order valence-corrected chi connectivity index (χ1v) is 4.76. The van der Waals surface area contributed by atoms with E-state index in [1.807, 2.05) is 31.3 Å². The van der Waals surface area contributed by atoms with Crippen LogP contribution in [-0.2, 0) is 4.79 Å². The quantitative estimate of drug-likeness (QED) is 0.677. The van der Waals surface area contributed by atoms with Crippen LogP contribution < -0.4 is 5.73 Å². The number of anilines is 1. The van der Waals surface area contributed by atoms with Gasteiger partial charge in [0.2, 0.25) is 5.91 Å². The highest BCUT2D eigenvalue weighted by molar-refractivity contribution is 5.79. The predicted octanol–water partition coefficient (Wildman–Crippen LogP) is 1.21. The molecule has 3 nitrogen and oxygen atoms in total. The topological polar surface area (TPSA) is 46.3 Å². The highest BCUT2D eigenvalue weighted by Gasteiger charge is 2.27. The van der Waals surface area contributed by atoms with Gasteiger partial charge < -0.3 is 10.6 Å². The van der Waals surface area contributed by atoms with E-state index < -0.39 is 0 Å². The van der Waals surface area contributed by atoms with Crippen LogP contribution in [-0.4, -0.2) is 24.4 Å². The number of hydrogen-bond donors (Lipinski definition) is 1. The highest BCUT2D eigenvalue weighted by Crippen LogP contribution is 2.27. The van der Waals surface area contributed by atoms with Gasteiger partial charge in [0.25, 0.3) is 0 Å². The first kappa shape index (κ1) is 9.06. The molecule has 0 spiro atoms. The largest absolute Gasteiger partial charge is 0.399 e. The van der Waals surface area contributed by atoms with Crippen molar-refractivity contribution in [1.29, 1.82) is 0 Å². The maximum absolute atomic E-state index is 11.3. The van der Waals surface area contributed by atoms with Crippen LogP contribution in [0.15, 0.2) is 24.3 Å². The van der Waals surface area contributed by atoms with Crippen molar-refractivity contribution in [1.82, 2.24) is 4.90 Å². The molecule has 1 aromatic rings. The van der Waals surface area contributed by atoms with Crippen molar-refractivity contribution >= 4 is 11.6 Å². The van der Waals surface area contributed by atoms with Gasteiger partial charge in [0.05, 0.1) is 0 Å². The Labute approximate surface area is 83.5 Å². The van der Waals surface area contributed by atoms with Gasteiger partial charge in [-0.1, -0.05) is 12.1 Å². The summed E-state index contributed by atoms with van der Waals surface area (Å²) in [5.41, 5.74) is 7.58. The summed E-state index contributed by atoms with van der Waals surface area (Å²) < 4.78 is 0. The average molecular weight is 190 g/mol. The third kappa shape index (κ3) is 1.58. The monoisotopic (exact) mass is 190 g/mol. The van der Waals surface area contributed by atoms with Gasteiger partial charge in [0.1, 0.15) is 0 Å². The molecule has 1 aliphatic rings. The molecule has 0 bridgehead atoms. The van der Waals surface area contributed by atoms with E-state index in [1.54, 1.807) is 4.90 Å². The molecular weight excluding hydrogens is 176 g/mol. The first-order valence-electron chi connectivity index (χ1n) is 4.76. The van der Waals surface area contributed by atoms with Gasteiger partial charge in [-0.2, -0.15) is 0 Å². The number of hydrogen-bond acceptors (Lipinski definition) is 2. The molecule has 1 aromatic carbocycles. The Bertz CT molecular complexity index is 345. The fraction of sp³-hybridized carbons (Fsp3) is 0.364. The number of benzene rings is 1. The average Bonchev–Trinajstić information content (AvgIpc) is 2.48. The van der Waals surface area contributed by atoms with E-state index in [0.717, 1.165) is 12.2 Å². The van der Waals surface area contributed by atoms with Crippen LogP contribution in [0.2, 0.25) is 0 Å². The molecule has 3 heteroatoms. The maximum atomic E-state index is 11.3. The molecular formula is C11H14N2O. The Morgan fingerprint density at radius 1 is 1.36 bits per heavy atom. The van der Waals surface area contributed by atoms with E-state index in [0.29, 0.717) is 12.3 Å². The lowest BCUT2D eigenvalue weighted by molar-refractivity contribution is -0.126. The first-order chi connectivity index (χ1) is 6.66. The van der Waals surface area contributed by atoms with Gasteiger partial charge in [-0.15, -0.1) is 0 Å². The fourth-order valence-electron chi connectivity index (χ4n) is 1.86. The van der Waals surface area contributed by atoms with Gasteiger partial charge in [-0.25, -0.2) is 0 Å². The minimum Gasteiger partial charge on any atom is -0.399 e. The zero-order valence-electron chi connectivity index (χ0n) is 8.23. The zero-order valence-corrected chi connectivity index (χ0v) is 8.23. The Kier molecular flexibility index (Phi) is 2.15. The molecule has 1 amide bonds. The van der Waals surface area contributed by atoms with Crippen LogP contribution in [0.3, 0.4) is 0 Å². The van der Waals surface area contributed by atoms with Gasteiger partial charge in [-0.05, 0) is 17.7 Å². The van der Waals surface area contributed by atoms with Gasteiger partial charge in [0, 0.05) is 31.6 Å². The lowest BCUT2D eigenvalue weighted by Crippen LogP contribution is -2.18.